The van der Waals surface area contributed by atoms with Gasteiger partial charge in [0, 0.05) is 36.1 Å². The number of aromatic amines is 1. The lowest BCUT2D eigenvalue weighted by atomic mass is 10.0. The van der Waals surface area contributed by atoms with E-state index >= 15 is 0 Å². The van der Waals surface area contributed by atoms with Crippen molar-refractivity contribution < 1.29 is 9.32 Å². The van der Waals surface area contributed by atoms with E-state index in [-0.39, 0.29) is 17.9 Å². The number of piperidine rings is 1. The maximum absolute atomic E-state index is 12.6. The Labute approximate surface area is 162 Å². The normalized spacial score (nSPS) is 15.5. The van der Waals surface area contributed by atoms with Gasteiger partial charge in [0.05, 0.1) is 12.0 Å². The predicted molar refractivity (Wildman–Crippen MR) is 105 cm³/mol. The molecule has 0 unspecified atom stereocenters. The molecule has 0 saturated carbocycles. The zero-order valence-corrected chi connectivity index (χ0v) is 16.0. The van der Waals surface area contributed by atoms with Crippen LogP contribution in [0.15, 0.2) is 39.8 Å². The summed E-state index contributed by atoms with van der Waals surface area (Å²) in [5.74, 6) is 0.655. The molecule has 146 valence electrons. The smallest absolute Gasteiger partial charge is 0.260 e. The van der Waals surface area contributed by atoms with E-state index in [4.69, 9.17) is 4.52 Å². The van der Waals surface area contributed by atoms with Crippen molar-refractivity contribution in [3.63, 3.8) is 0 Å². The number of amides is 1. The summed E-state index contributed by atoms with van der Waals surface area (Å²) in [6.45, 7) is 1.49. The van der Waals surface area contributed by atoms with Crippen molar-refractivity contribution in [2.45, 2.75) is 25.3 Å². The van der Waals surface area contributed by atoms with Crippen LogP contribution in [0.5, 0.6) is 0 Å². The van der Waals surface area contributed by atoms with E-state index in [1.807, 2.05) is 17.0 Å². The van der Waals surface area contributed by atoms with Crippen molar-refractivity contribution >= 4 is 16.7 Å². The molecule has 0 radical (unpaired) electrons. The molecule has 3 heterocycles. The van der Waals surface area contributed by atoms with Crippen LogP contribution in [0.3, 0.4) is 0 Å². The molecular formula is C20H23N5O3. The molecule has 1 saturated heterocycles. The monoisotopic (exact) mass is 381 g/mol. The molecule has 4 rings (SSSR count). The fraction of sp³-hybridized carbons (Fsp3) is 0.400. The molecule has 1 amide bonds. The molecule has 8 heteroatoms. The molecule has 3 aromatic rings. The van der Waals surface area contributed by atoms with Gasteiger partial charge in [0.2, 0.25) is 5.91 Å². The van der Waals surface area contributed by atoms with Crippen molar-refractivity contribution in [1.29, 1.82) is 0 Å². The summed E-state index contributed by atoms with van der Waals surface area (Å²) >= 11 is 0. The lowest BCUT2D eigenvalue weighted by molar-refractivity contribution is -0.132. The second-order valence-electron chi connectivity index (χ2n) is 7.35. The molecule has 1 N–H and O–H groups in total. The van der Waals surface area contributed by atoms with Gasteiger partial charge in [-0.25, -0.2) is 0 Å². The minimum absolute atomic E-state index is 0.0101. The third-order valence-electron chi connectivity index (χ3n) is 5.36. The Bertz CT molecular complexity index is 1050. The first-order valence-electron chi connectivity index (χ1n) is 9.40. The number of rotatable bonds is 4. The first kappa shape index (κ1) is 18.4. The molecular weight excluding hydrogens is 358 g/mol. The van der Waals surface area contributed by atoms with E-state index in [1.54, 1.807) is 18.3 Å². The van der Waals surface area contributed by atoms with Crippen molar-refractivity contribution in [3.8, 4) is 11.5 Å². The lowest BCUT2D eigenvalue weighted by Gasteiger charge is -2.35. The van der Waals surface area contributed by atoms with Crippen LogP contribution < -0.4 is 5.56 Å². The van der Waals surface area contributed by atoms with Crippen LogP contribution in [0.2, 0.25) is 0 Å². The Hall–Kier alpha value is -3.00. The van der Waals surface area contributed by atoms with Gasteiger partial charge in [-0.3, -0.25) is 9.59 Å². The lowest BCUT2D eigenvalue weighted by Crippen LogP contribution is -2.45. The molecule has 1 fully saturated rings. The minimum Gasteiger partial charge on any atom is -0.342 e. The van der Waals surface area contributed by atoms with Crippen molar-refractivity contribution in [1.82, 2.24) is 24.9 Å². The number of H-pyrrole nitrogens is 1. The quantitative estimate of drug-likeness (QED) is 0.739. The number of carbonyl (C=O) groups is 1. The largest absolute Gasteiger partial charge is 0.342 e. The molecule has 0 bridgehead atoms. The van der Waals surface area contributed by atoms with E-state index in [9.17, 15) is 9.59 Å². The summed E-state index contributed by atoms with van der Waals surface area (Å²) in [6, 6.07) is 7.76. The topological polar surface area (TPSA) is 95.3 Å². The van der Waals surface area contributed by atoms with Gasteiger partial charge in [-0.1, -0.05) is 23.4 Å². The van der Waals surface area contributed by atoms with Gasteiger partial charge in [0.25, 0.3) is 11.4 Å². The van der Waals surface area contributed by atoms with E-state index in [1.165, 1.54) is 0 Å². The zero-order chi connectivity index (χ0) is 19.7. The maximum Gasteiger partial charge on any atom is 0.260 e. The number of likely N-dealkylation sites (tertiary alicyclic amines) is 1. The summed E-state index contributed by atoms with van der Waals surface area (Å²) in [7, 11) is 4.15. The van der Waals surface area contributed by atoms with E-state index in [2.05, 4.69) is 34.1 Å². The summed E-state index contributed by atoms with van der Waals surface area (Å²) in [6.07, 6.45) is 3.62. The molecule has 2 aromatic heterocycles. The van der Waals surface area contributed by atoms with Crippen LogP contribution in [0.4, 0.5) is 0 Å². The molecule has 0 aliphatic carbocycles. The highest BCUT2D eigenvalue weighted by molar-refractivity contribution is 5.93. The van der Waals surface area contributed by atoms with Crippen LogP contribution >= 0.6 is 0 Å². The van der Waals surface area contributed by atoms with Crippen molar-refractivity contribution in [3.05, 3.63) is 46.6 Å². The average Bonchev–Trinajstić information content (AvgIpc) is 3.16. The summed E-state index contributed by atoms with van der Waals surface area (Å²) in [5.41, 5.74) is 0.476. The van der Waals surface area contributed by atoms with Gasteiger partial charge in [-0.15, -0.1) is 0 Å². The molecule has 8 nitrogen and oxygen atoms in total. The standard InChI is InChI=1S/C20H23N5O3/c1-24(2)13-7-9-25(10-8-13)18(26)11-17-22-20(28-23-17)16-12-21-19(27)15-6-4-3-5-14(15)16/h3-6,12-13H,7-11H2,1-2H3,(H,21,27). The number of nitrogens with one attached hydrogen (secondary N) is 1. The van der Waals surface area contributed by atoms with E-state index < -0.39 is 0 Å². The maximum atomic E-state index is 12.6. The number of fused-ring (bicyclic) bond motifs is 1. The molecule has 1 aromatic carbocycles. The SMILES string of the molecule is CN(C)C1CCN(C(=O)Cc2noc(-c3c[nH]c(=O)c4ccccc34)n2)CC1. The van der Waals surface area contributed by atoms with Gasteiger partial charge in [0.15, 0.2) is 5.82 Å². The van der Waals surface area contributed by atoms with Gasteiger partial charge in [-0.2, -0.15) is 4.98 Å². The third-order valence-corrected chi connectivity index (χ3v) is 5.36. The molecule has 0 atom stereocenters. The number of carbonyl (C=O) groups excluding carboxylic acids is 1. The second-order valence-corrected chi connectivity index (χ2v) is 7.35. The minimum atomic E-state index is -0.171. The summed E-state index contributed by atoms with van der Waals surface area (Å²) in [5, 5.41) is 5.26. The molecule has 1 aliphatic heterocycles. The first-order valence-corrected chi connectivity index (χ1v) is 9.40. The average molecular weight is 381 g/mol. The van der Waals surface area contributed by atoms with E-state index in [0.29, 0.717) is 28.7 Å². The Morgan fingerprint density at radius 3 is 2.68 bits per heavy atom. The summed E-state index contributed by atoms with van der Waals surface area (Å²) in [4.78, 5) is 35.7. The van der Waals surface area contributed by atoms with Crippen LogP contribution in [-0.2, 0) is 11.2 Å². The number of pyridine rings is 1. The van der Waals surface area contributed by atoms with Crippen LogP contribution in [0, 0.1) is 0 Å². The summed E-state index contributed by atoms with van der Waals surface area (Å²) < 4.78 is 5.37. The number of aromatic nitrogens is 3. The molecule has 0 spiro atoms. The number of benzene rings is 1. The zero-order valence-electron chi connectivity index (χ0n) is 16.0. The highest BCUT2D eigenvalue weighted by atomic mass is 16.5. The number of nitrogens with zero attached hydrogens (tertiary/aromatic N) is 4. The number of hydrogen-bond donors (Lipinski definition) is 1. The fourth-order valence-electron chi connectivity index (χ4n) is 3.70. The number of hydrogen-bond acceptors (Lipinski definition) is 6. The van der Waals surface area contributed by atoms with Crippen molar-refractivity contribution in [2.24, 2.45) is 0 Å². The highest BCUT2D eigenvalue weighted by Gasteiger charge is 2.25. The van der Waals surface area contributed by atoms with Gasteiger partial charge in [-0.05, 0) is 33.0 Å². The highest BCUT2D eigenvalue weighted by Crippen LogP contribution is 2.24. The second kappa shape index (κ2) is 7.55. The van der Waals surface area contributed by atoms with Gasteiger partial charge >= 0.3 is 0 Å². The Morgan fingerprint density at radius 1 is 1.25 bits per heavy atom. The van der Waals surface area contributed by atoms with Crippen LogP contribution in [0.25, 0.3) is 22.2 Å². The Kier molecular flexibility index (Phi) is 4.95. The predicted octanol–water partition coefficient (Wildman–Crippen LogP) is 1.67. The van der Waals surface area contributed by atoms with Crippen molar-refractivity contribution in [2.75, 3.05) is 27.2 Å². The Balaban J connectivity index is 1.49. The molecule has 28 heavy (non-hydrogen) atoms. The Morgan fingerprint density at radius 2 is 1.96 bits per heavy atom. The van der Waals surface area contributed by atoms with Crippen LogP contribution in [-0.4, -0.2) is 64.1 Å². The van der Waals surface area contributed by atoms with Gasteiger partial charge < -0.3 is 19.3 Å². The van der Waals surface area contributed by atoms with Crippen LogP contribution in [0.1, 0.15) is 18.7 Å². The first-order chi connectivity index (χ1) is 13.5. The fourth-order valence-corrected chi connectivity index (χ4v) is 3.70. The van der Waals surface area contributed by atoms with E-state index in [0.717, 1.165) is 31.3 Å². The van der Waals surface area contributed by atoms with Gasteiger partial charge in [0.1, 0.15) is 0 Å². The third kappa shape index (κ3) is 3.55. The molecule has 1 aliphatic rings.